The lowest BCUT2D eigenvalue weighted by atomic mass is 9.98. The molecule has 1 unspecified atom stereocenters. The lowest BCUT2D eigenvalue weighted by molar-refractivity contribution is 0.174. The van der Waals surface area contributed by atoms with Gasteiger partial charge < -0.3 is 20.5 Å². The molecule has 5 N–H and O–H groups in total. The van der Waals surface area contributed by atoms with Crippen LogP contribution in [0.25, 0.3) is 0 Å². The number of ether oxygens (including phenoxy) is 2. The largest absolute Gasteiger partial charge is 0.454 e. The van der Waals surface area contributed by atoms with Gasteiger partial charge in [0.15, 0.2) is 11.5 Å². The molecule has 0 radical (unpaired) electrons. The zero-order chi connectivity index (χ0) is 23.4. The SMILES string of the molecule is N[C@@H](CS(=O)(=O)O)C(N[C@H](CCc1ccccc1)CS(=O)(=O)O)c1ccc2c(c1)OCO2. The Morgan fingerprint density at radius 1 is 0.938 bits per heavy atom. The molecule has 3 atom stereocenters. The molecule has 0 bridgehead atoms. The van der Waals surface area contributed by atoms with Gasteiger partial charge in [0.05, 0.1) is 11.5 Å². The van der Waals surface area contributed by atoms with E-state index in [1.165, 1.54) is 0 Å². The van der Waals surface area contributed by atoms with Crippen molar-refractivity contribution < 1.29 is 35.4 Å². The van der Waals surface area contributed by atoms with Crippen LogP contribution in [0.3, 0.4) is 0 Å². The van der Waals surface area contributed by atoms with Crippen LogP contribution in [0.5, 0.6) is 11.5 Å². The van der Waals surface area contributed by atoms with Gasteiger partial charge in [0, 0.05) is 18.1 Å². The number of rotatable bonds is 11. The van der Waals surface area contributed by atoms with Crippen LogP contribution in [-0.2, 0) is 26.7 Å². The van der Waals surface area contributed by atoms with E-state index in [0.717, 1.165) is 5.56 Å². The summed E-state index contributed by atoms with van der Waals surface area (Å²) < 4.78 is 75.6. The summed E-state index contributed by atoms with van der Waals surface area (Å²) in [4.78, 5) is 0. The van der Waals surface area contributed by atoms with Crippen molar-refractivity contribution in [2.45, 2.75) is 31.0 Å². The summed E-state index contributed by atoms with van der Waals surface area (Å²) in [7, 11) is -8.74. The van der Waals surface area contributed by atoms with Crippen molar-refractivity contribution in [3.8, 4) is 11.5 Å². The van der Waals surface area contributed by atoms with Crippen LogP contribution in [0.2, 0.25) is 0 Å². The zero-order valence-electron chi connectivity index (χ0n) is 17.1. The summed E-state index contributed by atoms with van der Waals surface area (Å²) in [6.07, 6.45) is 0.832. The molecular weight excluding hydrogens is 460 g/mol. The molecule has 12 heteroatoms. The summed E-state index contributed by atoms with van der Waals surface area (Å²) in [6.45, 7) is 0.0381. The first kappa shape index (κ1) is 24.4. The molecule has 2 aromatic rings. The van der Waals surface area contributed by atoms with Crippen LogP contribution in [0.4, 0.5) is 0 Å². The van der Waals surface area contributed by atoms with Crippen LogP contribution in [0.15, 0.2) is 48.5 Å². The lowest BCUT2D eigenvalue weighted by Crippen LogP contribution is -2.48. The maximum atomic E-state index is 11.6. The maximum Gasteiger partial charge on any atom is 0.266 e. The molecular formula is C20H26N2O8S2. The van der Waals surface area contributed by atoms with E-state index in [2.05, 4.69) is 5.32 Å². The maximum absolute atomic E-state index is 11.6. The van der Waals surface area contributed by atoms with Gasteiger partial charge in [0.25, 0.3) is 20.2 Å². The molecule has 0 spiro atoms. The Bertz CT molecular complexity index is 1120. The minimum absolute atomic E-state index is 0.0381. The van der Waals surface area contributed by atoms with E-state index in [1.807, 2.05) is 30.3 Å². The second-order valence-corrected chi connectivity index (χ2v) is 10.6. The summed E-state index contributed by atoms with van der Waals surface area (Å²) in [5.41, 5.74) is 7.60. The molecule has 10 nitrogen and oxygen atoms in total. The molecule has 0 saturated heterocycles. The van der Waals surface area contributed by atoms with E-state index in [9.17, 15) is 25.9 Å². The van der Waals surface area contributed by atoms with Crippen molar-refractivity contribution in [1.82, 2.24) is 5.32 Å². The number of nitrogens with two attached hydrogens (primary N) is 1. The van der Waals surface area contributed by atoms with Gasteiger partial charge in [-0.15, -0.1) is 0 Å². The van der Waals surface area contributed by atoms with Gasteiger partial charge in [0.2, 0.25) is 6.79 Å². The van der Waals surface area contributed by atoms with Gasteiger partial charge in [-0.2, -0.15) is 16.8 Å². The number of aryl methyl sites for hydroxylation is 1. The molecule has 2 aromatic carbocycles. The van der Waals surface area contributed by atoms with E-state index >= 15 is 0 Å². The molecule has 3 rings (SSSR count). The van der Waals surface area contributed by atoms with E-state index in [1.54, 1.807) is 18.2 Å². The standard InChI is InChI=1S/C20H26N2O8S2/c21-17(12-32(26,27)28)20(15-7-9-18-19(10-15)30-13-29-18)22-16(11-31(23,24)25)8-6-14-4-2-1-3-5-14/h1-5,7,9-10,16-17,20,22H,6,8,11-13,21H2,(H,23,24,25)(H,26,27,28)/t16-,17+,20?/m1/s1. The van der Waals surface area contributed by atoms with Crippen molar-refractivity contribution in [3.05, 3.63) is 59.7 Å². The number of hydrogen-bond acceptors (Lipinski definition) is 8. The first-order chi connectivity index (χ1) is 15.0. The molecule has 0 amide bonds. The minimum Gasteiger partial charge on any atom is -0.454 e. The van der Waals surface area contributed by atoms with Crippen molar-refractivity contribution in [2.75, 3.05) is 18.3 Å². The van der Waals surface area contributed by atoms with E-state index in [0.29, 0.717) is 29.9 Å². The molecule has 1 aliphatic heterocycles. The van der Waals surface area contributed by atoms with E-state index < -0.39 is 49.9 Å². The van der Waals surface area contributed by atoms with Crippen molar-refractivity contribution in [3.63, 3.8) is 0 Å². The number of benzene rings is 2. The van der Waals surface area contributed by atoms with Crippen LogP contribution in [0, 0.1) is 0 Å². The van der Waals surface area contributed by atoms with Crippen molar-refractivity contribution >= 4 is 20.2 Å². The average Bonchev–Trinajstić information content (AvgIpc) is 3.16. The smallest absolute Gasteiger partial charge is 0.266 e. The second-order valence-electron chi connectivity index (χ2n) is 7.64. The number of nitrogens with one attached hydrogen (secondary N) is 1. The molecule has 176 valence electrons. The van der Waals surface area contributed by atoms with Gasteiger partial charge in [-0.1, -0.05) is 36.4 Å². The van der Waals surface area contributed by atoms with Crippen molar-refractivity contribution in [1.29, 1.82) is 0 Å². The summed E-state index contributed by atoms with van der Waals surface area (Å²) in [6, 6.07) is 11.5. The summed E-state index contributed by atoms with van der Waals surface area (Å²) in [5.74, 6) is -0.408. The molecule has 1 aliphatic rings. The quantitative estimate of drug-likeness (QED) is 0.338. The first-order valence-corrected chi connectivity index (χ1v) is 13.1. The van der Waals surface area contributed by atoms with Gasteiger partial charge in [-0.25, -0.2) is 0 Å². The highest BCUT2D eigenvalue weighted by molar-refractivity contribution is 7.86. The number of hydrogen-bond donors (Lipinski definition) is 4. The van der Waals surface area contributed by atoms with Gasteiger partial charge in [-0.05, 0) is 36.1 Å². The third-order valence-electron chi connectivity index (χ3n) is 5.04. The third-order valence-corrected chi connectivity index (χ3v) is 6.67. The van der Waals surface area contributed by atoms with Crippen molar-refractivity contribution in [2.24, 2.45) is 5.73 Å². The Labute approximate surface area is 187 Å². The summed E-state index contributed by atoms with van der Waals surface area (Å²) >= 11 is 0. The van der Waals surface area contributed by atoms with Crippen LogP contribution in [-0.4, -0.2) is 56.3 Å². The van der Waals surface area contributed by atoms with Gasteiger partial charge >= 0.3 is 0 Å². The fourth-order valence-electron chi connectivity index (χ4n) is 3.62. The predicted octanol–water partition coefficient (Wildman–Crippen LogP) is 1.15. The van der Waals surface area contributed by atoms with Crippen LogP contribution < -0.4 is 20.5 Å². The normalized spacial score (nSPS) is 16.5. The monoisotopic (exact) mass is 486 g/mol. The first-order valence-electron chi connectivity index (χ1n) is 9.85. The minimum atomic E-state index is -4.40. The molecule has 0 aromatic heterocycles. The Morgan fingerprint density at radius 2 is 1.59 bits per heavy atom. The topological polar surface area (TPSA) is 165 Å². The molecule has 0 aliphatic carbocycles. The van der Waals surface area contributed by atoms with Crippen LogP contribution in [0.1, 0.15) is 23.6 Å². The van der Waals surface area contributed by atoms with Gasteiger partial charge in [0.1, 0.15) is 0 Å². The average molecular weight is 487 g/mol. The Balaban J connectivity index is 1.87. The fourth-order valence-corrected chi connectivity index (χ4v) is 5.07. The highest BCUT2D eigenvalue weighted by atomic mass is 32.2. The lowest BCUT2D eigenvalue weighted by Gasteiger charge is -2.30. The van der Waals surface area contributed by atoms with Crippen LogP contribution >= 0.6 is 0 Å². The third kappa shape index (κ3) is 7.43. The Morgan fingerprint density at radius 3 is 2.25 bits per heavy atom. The Kier molecular flexibility index (Phi) is 7.75. The Hall–Kier alpha value is -2.22. The number of fused-ring (bicyclic) bond motifs is 1. The van der Waals surface area contributed by atoms with Gasteiger partial charge in [-0.3, -0.25) is 9.11 Å². The molecule has 0 fully saturated rings. The second kappa shape index (κ2) is 10.1. The van der Waals surface area contributed by atoms with E-state index in [-0.39, 0.29) is 6.79 Å². The molecule has 32 heavy (non-hydrogen) atoms. The molecule has 0 saturated carbocycles. The molecule has 1 heterocycles. The highest BCUT2D eigenvalue weighted by Crippen LogP contribution is 2.35. The highest BCUT2D eigenvalue weighted by Gasteiger charge is 2.29. The zero-order valence-corrected chi connectivity index (χ0v) is 18.8. The predicted molar refractivity (Wildman–Crippen MR) is 118 cm³/mol. The fraction of sp³-hybridized carbons (Fsp3) is 0.400. The summed E-state index contributed by atoms with van der Waals surface area (Å²) in [5, 5.41) is 3.07. The van der Waals surface area contributed by atoms with E-state index in [4.69, 9.17) is 15.2 Å².